The van der Waals surface area contributed by atoms with Crippen LogP contribution in [0.4, 0.5) is 11.5 Å². The highest BCUT2D eigenvalue weighted by atomic mass is 127. The summed E-state index contributed by atoms with van der Waals surface area (Å²) >= 11 is 2.06. The van der Waals surface area contributed by atoms with Crippen LogP contribution >= 0.6 is 22.6 Å². The molecule has 1 aromatic heterocycles. The topological polar surface area (TPSA) is 87.5 Å². The minimum Gasteiger partial charge on any atom is -0.507 e. The van der Waals surface area contributed by atoms with Crippen LogP contribution < -0.4 is 10.1 Å². The molecule has 0 aliphatic heterocycles. The Morgan fingerprint density at radius 1 is 1.22 bits per heavy atom. The number of phenols is 1. The number of hydrogen-bond donors (Lipinski definition) is 3. The van der Waals surface area contributed by atoms with Gasteiger partial charge in [-0.1, -0.05) is 0 Å². The second-order valence-electron chi connectivity index (χ2n) is 4.85. The molecule has 0 spiro atoms. The third-order valence-electron chi connectivity index (χ3n) is 3.42. The normalized spacial score (nSPS) is 10.7. The molecule has 118 valence electrons. The lowest BCUT2D eigenvalue weighted by Crippen LogP contribution is -1.99. The van der Waals surface area contributed by atoms with E-state index in [1.807, 2.05) is 6.07 Å². The molecular formula is C16H14IN3O3. The average Bonchev–Trinajstić information content (AvgIpc) is 2.57. The number of anilines is 2. The first-order valence-corrected chi connectivity index (χ1v) is 7.88. The van der Waals surface area contributed by atoms with E-state index in [2.05, 4.69) is 37.9 Å². The van der Waals surface area contributed by atoms with Crippen LogP contribution in [0.2, 0.25) is 0 Å². The van der Waals surface area contributed by atoms with Gasteiger partial charge >= 0.3 is 0 Å². The molecule has 0 unspecified atom stereocenters. The molecule has 7 heteroatoms. The molecule has 3 rings (SSSR count). The first-order chi connectivity index (χ1) is 11.1. The smallest absolute Gasteiger partial charge is 0.141 e. The first kappa shape index (κ1) is 15.8. The zero-order chi connectivity index (χ0) is 16.4. The number of hydrogen-bond acceptors (Lipinski definition) is 6. The van der Waals surface area contributed by atoms with Gasteiger partial charge < -0.3 is 20.3 Å². The van der Waals surface area contributed by atoms with Crippen LogP contribution in [0.1, 0.15) is 5.56 Å². The number of nitrogens with zero attached hydrogens (tertiary/aromatic N) is 2. The number of aromatic hydroxyl groups is 1. The summed E-state index contributed by atoms with van der Waals surface area (Å²) in [7, 11) is 1.56. The van der Waals surface area contributed by atoms with Crippen molar-refractivity contribution in [3.8, 4) is 11.5 Å². The molecule has 6 nitrogen and oxygen atoms in total. The number of aromatic nitrogens is 2. The number of aliphatic hydroxyl groups is 1. The van der Waals surface area contributed by atoms with E-state index in [9.17, 15) is 10.2 Å². The molecule has 3 aromatic rings. The molecule has 3 N–H and O–H groups in total. The Labute approximate surface area is 146 Å². The van der Waals surface area contributed by atoms with Crippen molar-refractivity contribution in [3.05, 3.63) is 45.8 Å². The van der Waals surface area contributed by atoms with Gasteiger partial charge in [0, 0.05) is 16.6 Å². The quantitative estimate of drug-likeness (QED) is 0.442. The van der Waals surface area contributed by atoms with Gasteiger partial charge in [-0.25, -0.2) is 9.97 Å². The molecule has 0 radical (unpaired) electrons. The highest BCUT2D eigenvalue weighted by Crippen LogP contribution is 2.31. The lowest BCUT2D eigenvalue weighted by atomic mass is 10.1. The molecule has 0 amide bonds. The third-order valence-corrected chi connectivity index (χ3v) is 4.28. The fraction of sp³-hybridized carbons (Fsp3) is 0.125. The standard InChI is InChI=1S/C16H14IN3O3/c1-23-15-6-11-13(4-9(15)7-21)18-8-19-16(11)20-10-2-3-14(22)12(17)5-10/h2-6,8,21-22H,7H2,1H3,(H,18,19,20). The summed E-state index contributed by atoms with van der Waals surface area (Å²) in [6.45, 7) is -0.123. The van der Waals surface area contributed by atoms with Gasteiger partial charge in [0.25, 0.3) is 0 Å². The van der Waals surface area contributed by atoms with E-state index in [1.165, 1.54) is 6.33 Å². The van der Waals surface area contributed by atoms with E-state index in [0.717, 1.165) is 14.6 Å². The predicted octanol–water partition coefficient (Wildman–Crippen LogP) is 3.18. The van der Waals surface area contributed by atoms with Crippen LogP contribution in [0.15, 0.2) is 36.7 Å². The molecule has 0 saturated heterocycles. The Hall–Kier alpha value is -2.13. The van der Waals surface area contributed by atoms with E-state index in [4.69, 9.17) is 4.74 Å². The second kappa shape index (κ2) is 6.55. The lowest BCUT2D eigenvalue weighted by molar-refractivity contribution is 0.274. The molecular weight excluding hydrogens is 409 g/mol. The number of rotatable bonds is 4. The van der Waals surface area contributed by atoms with Crippen LogP contribution in [0.5, 0.6) is 11.5 Å². The van der Waals surface area contributed by atoms with Crippen LogP contribution in [0, 0.1) is 3.57 Å². The van der Waals surface area contributed by atoms with Crippen molar-refractivity contribution in [1.29, 1.82) is 0 Å². The van der Waals surface area contributed by atoms with E-state index in [-0.39, 0.29) is 12.4 Å². The first-order valence-electron chi connectivity index (χ1n) is 6.80. The number of aliphatic hydroxyl groups excluding tert-OH is 1. The zero-order valence-electron chi connectivity index (χ0n) is 12.2. The van der Waals surface area contributed by atoms with Crippen molar-refractivity contribution < 1.29 is 14.9 Å². The summed E-state index contributed by atoms with van der Waals surface area (Å²) < 4.78 is 6.05. The average molecular weight is 423 g/mol. The maximum absolute atomic E-state index is 9.61. The molecule has 2 aromatic carbocycles. The van der Waals surface area contributed by atoms with Gasteiger partial charge in [0.15, 0.2) is 0 Å². The predicted molar refractivity (Wildman–Crippen MR) is 96.1 cm³/mol. The Morgan fingerprint density at radius 2 is 2.04 bits per heavy atom. The van der Waals surface area contributed by atoms with Gasteiger partial charge in [0.2, 0.25) is 0 Å². The molecule has 1 heterocycles. The lowest BCUT2D eigenvalue weighted by Gasteiger charge is -2.12. The van der Waals surface area contributed by atoms with Crippen molar-refractivity contribution in [2.24, 2.45) is 0 Å². The van der Waals surface area contributed by atoms with Gasteiger partial charge in [-0.2, -0.15) is 0 Å². The summed E-state index contributed by atoms with van der Waals surface area (Å²) in [6, 6.07) is 8.79. The monoisotopic (exact) mass is 423 g/mol. The molecule has 0 atom stereocenters. The molecule has 0 fully saturated rings. The highest BCUT2D eigenvalue weighted by molar-refractivity contribution is 14.1. The molecule has 23 heavy (non-hydrogen) atoms. The Balaban J connectivity index is 2.08. The van der Waals surface area contributed by atoms with Crippen LogP contribution in [0.25, 0.3) is 10.9 Å². The minimum absolute atomic E-state index is 0.123. The third kappa shape index (κ3) is 3.15. The summed E-state index contributed by atoms with van der Waals surface area (Å²) in [5.74, 6) is 1.44. The van der Waals surface area contributed by atoms with E-state index < -0.39 is 0 Å². The van der Waals surface area contributed by atoms with Crippen molar-refractivity contribution in [2.45, 2.75) is 6.61 Å². The molecule has 0 bridgehead atoms. The van der Waals surface area contributed by atoms with Gasteiger partial charge in [-0.15, -0.1) is 0 Å². The molecule has 0 aliphatic rings. The van der Waals surface area contributed by atoms with E-state index in [1.54, 1.807) is 31.4 Å². The molecule has 0 aliphatic carbocycles. The van der Waals surface area contributed by atoms with Crippen LogP contribution in [-0.2, 0) is 6.61 Å². The number of methoxy groups -OCH3 is 1. The summed E-state index contributed by atoms with van der Waals surface area (Å²) in [6.07, 6.45) is 1.46. The summed E-state index contributed by atoms with van der Waals surface area (Å²) in [5, 5.41) is 23.0. The van der Waals surface area contributed by atoms with Gasteiger partial charge in [-0.05, 0) is 52.9 Å². The Bertz CT molecular complexity index is 871. The highest BCUT2D eigenvalue weighted by Gasteiger charge is 2.10. The number of ether oxygens (including phenoxy) is 1. The zero-order valence-corrected chi connectivity index (χ0v) is 14.4. The number of benzene rings is 2. The summed E-state index contributed by atoms with van der Waals surface area (Å²) in [4.78, 5) is 8.52. The van der Waals surface area contributed by atoms with Gasteiger partial charge in [0.1, 0.15) is 23.6 Å². The second-order valence-corrected chi connectivity index (χ2v) is 6.01. The van der Waals surface area contributed by atoms with Gasteiger partial charge in [-0.3, -0.25) is 0 Å². The Kier molecular flexibility index (Phi) is 4.49. The fourth-order valence-electron chi connectivity index (χ4n) is 2.26. The SMILES string of the molecule is COc1cc2c(Nc3ccc(O)c(I)c3)ncnc2cc1CO. The molecule has 0 saturated carbocycles. The minimum atomic E-state index is -0.123. The van der Waals surface area contributed by atoms with Crippen molar-refractivity contribution in [2.75, 3.05) is 12.4 Å². The van der Waals surface area contributed by atoms with Gasteiger partial charge in [0.05, 0.1) is 22.8 Å². The number of nitrogens with one attached hydrogen (secondary N) is 1. The number of phenolic OH excluding ortho intramolecular Hbond substituents is 1. The summed E-state index contributed by atoms with van der Waals surface area (Å²) in [5.41, 5.74) is 2.18. The fourth-order valence-corrected chi connectivity index (χ4v) is 2.78. The van der Waals surface area contributed by atoms with Crippen molar-refractivity contribution >= 4 is 45.0 Å². The maximum Gasteiger partial charge on any atom is 0.141 e. The van der Waals surface area contributed by atoms with E-state index >= 15 is 0 Å². The van der Waals surface area contributed by atoms with E-state index in [0.29, 0.717) is 22.6 Å². The largest absolute Gasteiger partial charge is 0.507 e. The maximum atomic E-state index is 9.61. The Morgan fingerprint density at radius 3 is 2.74 bits per heavy atom. The number of halogens is 1. The van der Waals surface area contributed by atoms with Crippen molar-refractivity contribution in [1.82, 2.24) is 9.97 Å². The van der Waals surface area contributed by atoms with Crippen LogP contribution in [0.3, 0.4) is 0 Å². The van der Waals surface area contributed by atoms with Crippen LogP contribution in [-0.4, -0.2) is 27.3 Å². The number of fused-ring (bicyclic) bond motifs is 1. The van der Waals surface area contributed by atoms with Crippen molar-refractivity contribution in [3.63, 3.8) is 0 Å².